The summed E-state index contributed by atoms with van der Waals surface area (Å²) in [6.07, 6.45) is 0. The molecule has 3 aromatic rings. The number of non-ortho nitro benzene ring substituents is 1. The maximum Gasteiger partial charge on any atom is 0.269 e. The van der Waals surface area contributed by atoms with Crippen LogP contribution in [0.3, 0.4) is 0 Å². The molecule has 0 unspecified atom stereocenters. The van der Waals surface area contributed by atoms with E-state index in [0.29, 0.717) is 5.70 Å². The molecule has 0 radical (unpaired) electrons. The Morgan fingerprint density at radius 1 is 0.800 bits per heavy atom. The van der Waals surface area contributed by atoms with E-state index in [4.69, 9.17) is 15.2 Å². The normalized spacial score (nSPS) is 10.3. The molecule has 0 bridgehead atoms. The summed E-state index contributed by atoms with van der Waals surface area (Å²) in [6, 6.07) is 21.6. The molecule has 0 fully saturated rings. The third-order valence-corrected chi connectivity index (χ3v) is 6.48. The number of hydrogen-bond donors (Lipinski definition) is 1. The quantitative estimate of drug-likeness (QED) is 0.270. The molecular weight excluding hydrogens is 420 g/mol. The summed E-state index contributed by atoms with van der Waals surface area (Å²) in [5.41, 5.74) is 7.79. The highest BCUT2D eigenvalue weighted by Crippen LogP contribution is 2.43. The van der Waals surface area contributed by atoms with Crippen LogP contribution in [0.2, 0.25) is 0 Å². The van der Waals surface area contributed by atoms with Crippen molar-refractivity contribution < 1.29 is 14.4 Å². The second-order valence-electron chi connectivity index (χ2n) is 6.06. The maximum absolute atomic E-state index is 10.9. The molecule has 30 heavy (non-hydrogen) atoms. The van der Waals surface area contributed by atoms with E-state index in [2.05, 4.69) is 0 Å². The molecule has 0 saturated heterocycles. The molecule has 0 aliphatic rings. The van der Waals surface area contributed by atoms with Crippen molar-refractivity contribution in [3.05, 3.63) is 92.7 Å². The minimum atomic E-state index is -0.428. The van der Waals surface area contributed by atoms with E-state index >= 15 is 0 Å². The number of benzene rings is 3. The SMILES string of the molecule is COc1ccc(SC(Sc2ccc(OC)cc2)=C(N)c2ccc([N+](=O)[O-])cc2)cc1. The topological polar surface area (TPSA) is 87.6 Å². The zero-order valence-corrected chi connectivity index (χ0v) is 18.0. The van der Waals surface area contributed by atoms with E-state index in [1.807, 2.05) is 48.5 Å². The van der Waals surface area contributed by atoms with E-state index in [-0.39, 0.29) is 5.69 Å². The van der Waals surface area contributed by atoms with Crippen molar-refractivity contribution in [2.75, 3.05) is 14.2 Å². The monoisotopic (exact) mass is 440 g/mol. The third kappa shape index (κ3) is 5.49. The summed E-state index contributed by atoms with van der Waals surface area (Å²) in [5, 5.41) is 10.9. The second-order valence-corrected chi connectivity index (χ2v) is 8.49. The molecule has 8 heteroatoms. The summed E-state index contributed by atoms with van der Waals surface area (Å²) >= 11 is 3.05. The van der Waals surface area contributed by atoms with Gasteiger partial charge in [-0.3, -0.25) is 10.1 Å². The van der Waals surface area contributed by atoms with Gasteiger partial charge in [0, 0.05) is 21.9 Å². The molecular formula is C22H20N2O4S2. The first-order valence-corrected chi connectivity index (χ1v) is 10.5. The van der Waals surface area contributed by atoms with Crippen LogP contribution in [0.1, 0.15) is 5.56 Å². The standard InChI is InChI=1S/C22H20N2O4S2/c1-27-17-7-11-19(12-8-17)29-22(30-20-13-9-18(28-2)10-14-20)21(23)15-3-5-16(6-4-15)24(25)26/h3-14H,23H2,1-2H3. The summed E-state index contributed by atoms with van der Waals surface area (Å²) in [5.74, 6) is 1.55. The molecule has 0 amide bonds. The lowest BCUT2D eigenvalue weighted by atomic mass is 10.2. The molecule has 2 N–H and O–H groups in total. The van der Waals surface area contributed by atoms with Gasteiger partial charge in [0.25, 0.3) is 5.69 Å². The molecule has 0 heterocycles. The summed E-state index contributed by atoms with van der Waals surface area (Å²) in [4.78, 5) is 12.5. The van der Waals surface area contributed by atoms with Crippen molar-refractivity contribution >= 4 is 34.9 Å². The number of ether oxygens (including phenoxy) is 2. The Labute approximate surface area is 183 Å². The molecule has 0 atom stereocenters. The van der Waals surface area contributed by atoms with Gasteiger partial charge in [-0.15, -0.1) is 0 Å². The first kappa shape index (κ1) is 21.6. The molecule has 154 valence electrons. The predicted octanol–water partition coefficient (Wildman–Crippen LogP) is 5.78. The number of nitro groups is 1. The summed E-state index contributed by atoms with van der Waals surface area (Å²) in [7, 11) is 3.25. The summed E-state index contributed by atoms with van der Waals surface area (Å²) < 4.78 is 11.3. The van der Waals surface area contributed by atoms with Crippen LogP contribution in [-0.2, 0) is 0 Å². The zero-order valence-electron chi connectivity index (χ0n) is 16.4. The van der Waals surface area contributed by atoms with Crippen LogP contribution in [0, 0.1) is 10.1 Å². The lowest BCUT2D eigenvalue weighted by Crippen LogP contribution is -1.99. The Morgan fingerprint density at radius 3 is 1.60 bits per heavy atom. The van der Waals surface area contributed by atoms with Crippen LogP contribution in [0.4, 0.5) is 5.69 Å². The van der Waals surface area contributed by atoms with Gasteiger partial charge in [-0.05, 0) is 66.2 Å². The van der Waals surface area contributed by atoms with Crippen LogP contribution < -0.4 is 15.2 Å². The van der Waals surface area contributed by atoms with Crippen molar-refractivity contribution in [3.63, 3.8) is 0 Å². The lowest BCUT2D eigenvalue weighted by molar-refractivity contribution is -0.384. The zero-order chi connectivity index (χ0) is 21.5. The van der Waals surface area contributed by atoms with Crippen LogP contribution in [0.15, 0.2) is 86.8 Å². The second kappa shape index (κ2) is 10.1. The largest absolute Gasteiger partial charge is 0.497 e. The molecule has 0 saturated carbocycles. The lowest BCUT2D eigenvalue weighted by Gasteiger charge is -2.13. The summed E-state index contributed by atoms with van der Waals surface area (Å²) in [6.45, 7) is 0. The van der Waals surface area contributed by atoms with E-state index in [9.17, 15) is 10.1 Å². The molecule has 0 aliphatic heterocycles. The fourth-order valence-electron chi connectivity index (χ4n) is 2.51. The van der Waals surface area contributed by atoms with Crippen molar-refractivity contribution in [2.45, 2.75) is 9.79 Å². The highest BCUT2D eigenvalue weighted by molar-refractivity contribution is 8.22. The van der Waals surface area contributed by atoms with E-state index in [1.54, 1.807) is 26.4 Å². The van der Waals surface area contributed by atoms with Crippen LogP contribution >= 0.6 is 23.5 Å². The minimum Gasteiger partial charge on any atom is -0.497 e. The van der Waals surface area contributed by atoms with Gasteiger partial charge in [-0.1, -0.05) is 23.5 Å². The molecule has 0 spiro atoms. The van der Waals surface area contributed by atoms with Crippen molar-refractivity contribution in [3.8, 4) is 11.5 Å². The highest BCUT2D eigenvalue weighted by Gasteiger charge is 2.13. The number of nitro benzene ring substituents is 1. The fraction of sp³-hybridized carbons (Fsp3) is 0.0909. The van der Waals surface area contributed by atoms with Gasteiger partial charge in [-0.2, -0.15) is 0 Å². The fourth-order valence-corrected chi connectivity index (χ4v) is 4.69. The average Bonchev–Trinajstić information content (AvgIpc) is 2.79. The van der Waals surface area contributed by atoms with Gasteiger partial charge in [0.2, 0.25) is 0 Å². The molecule has 0 aliphatic carbocycles. The predicted molar refractivity (Wildman–Crippen MR) is 122 cm³/mol. The van der Waals surface area contributed by atoms with E-state index in [0.717, 1.165) is 31.1 Å². The van der Waals surface area contributed by atoms with Gasteiger partial charge in [0.1, 0.15) is 11.5 Å². The van der Waals surface area contributed by atoms with Crippen molar-refractivity contribution in [1.82, 2.24) is 0 Å². The Hall–Kier alpha value is -3.10. The van der Waals surface area contributed by atoms with Crippen LogP contribution in [0.25, 0.3) is 5.70 Å². The Balaban J connectivity index is 1.95. The van der Waals surface area contributed by atoms with Gasteiger partial charge in [0.15, 0.2) is 0 Å². The molecule has 6 nitrogen and oxygen atoms in total. The molecule has 0 aromatic heterocycles. The molecule has 3 rings (SSSR count). The van der Waals surface area contributed by atoms with Gasteiger partial charge in [-0.25, -0.2) is 0 Å². The van der Waals surface area contributed by atoms with E-state index < -0.39 is 4.92 Å². The number of hydrogen-bond acceptors (Lipinski definition) is 7. The Bertz CT molecular complexity index is 983. The van der Waals surface area contributed by atoms with Crippen molar-refractivity contribution in [2.24, 2.45) is 5.73 Å². The number of thioether (sulfide) groups is 2. The van der Waals surface area contributed by atoms with Crippen molar-refractivity contribution in [1.29, 1.82) is 0 Å². The number of nitrogens with zero attached hydrogens (tertiary/aromatic N) is 1. The molecule has 3 aromatic carbocycles. The van der Waals surface area contributed by atoms with Crippen LogP contribution in [-0.4, -0.2) is 19.1 Å². The number of rotatable bonds is 8. The van der Waals surface area contributed by atoms with Gasteiger partial charge >= 0.3 is 0 Å². The number of methoxy groups -OCH3 is 2. The Kier molecular flexibility index (Phi) is 7.26. The van der Waals surface area contributed by atoms with Gasteiger partial charge in [0.05, 0.1) is 29.1 Å². The highest BCUT2D eigenvalue weighted by atomic mass is 32.2. The Morgan fingerprint density at radius 2 is 1.23 bits per heavy atom. The van der Waals surface area contributed by atoms with Gasteiger partial charge < -0.3 is 15.2 Å². The third-order valence-electron chi connectivity index (χ3n) is 4.15. The van der Waals surface area contributed by atoms with Crippen LogP contribution in [0.5, 0.6) is 11.5 Å². The smallest absolute Gasteiger partial charge is 0.269 e. The minimum absolute atomic E-state index is 0.0266. The maximum atomic E-state index is 10.9. The first-order chi connectivity index (χ1) is 14.5. The number of nitrogens with two attached hydrogens (primary N) is 1. The van der Waals surface area contributed by atoms with E-state index in [1.165, 1.54) is 35.7 Å². The average molecular weight is 441 g/mol. The first-order valence-electron chi connectivity index (χ1n) is 8.88.